The van der Waals surface area contributed by atoms with Gasteiger partial charge in [-0.1, -0.05) is 6.07 Å². The third-order valence-electron chi connectivity index (χ3n) is 3.19. The molecule has 6 nitrogen and oxygen atoms in total. The number of anilines is 2. The predicted octanol–water partition coefficient (Wildman–Crippen LogP) is 2.89. The largest absolute Gasteiger partial charge is 0.508 e. The molecule has 0 saturated heterocycles. The van der Waals surface area contributed by atoms with Crippen LogP contribution in [0.3, 0.4) is 0 Å². The van der Waals surface area contributed by atoms with Crippen molar-refractivity contribution in [1.82, 2.24) is 14.6 Å². The minimum absolute atomic E-state index is 0.241. The first-order valence-corrected chi connectivity index (χ1v) is 6.71. The van der Waals surface area contributed by atoms with Crippen molar-refractivity contribution in [2.24, 2.45) is 0 Å². The average Bonchev–Trinajstić information content (AvgIpc) is 2.88. The Morgan fingerprint density at radius 3 is 2.95 bits per heavy atom. The lowest BCUT2D eigenvalue weighted by atomic mass is 10.2. The number of ether oxygens (including phenoxy) is 1. The van der Waals surface area contributed by atoms with Crippen LogP contribution in [0.2, 0.25) is 0 Å². The number of phenols is 1. The first kappa shape index (κ1) is 13.2. The molecule has 3 rings (SSSR count). The smallest absolute Gasteiger partial charge is 0.162 e. The van der Waals surface area contributed by atoms with Gasteiger partial charge in [-0.15, -0.1) is 0 Å². The third kappa shape index (κ3) is 2.47. The van der Waals surface area contributed by atoms with Crippen molar-refractivity contribution >= 4 is 17.0 Å². The average molecular weight is 284 g/mol. The number of aromatic nitrogens is 3. The standard InChI is InChI=1S/C15H16N4O2/c1-3-21-13-6-7-19-14(13)15(16-9-17-19)18-11-5-4-10(2)12(20)8-11/h4-9,20H,3H2,1-2H3,(H,16,17,18). The summed E-state index contributed by atoms with van der Waals surface area (Å²) < 4.78 is 7.29. The molecule has 0 bridgehead atoms. The zero-order valence-electron chi connectivity index (χ0n) is 11.9. The molecule has 21 heavy (non-hydrogen) atoms. The molecule has 0 aliphatic heterocycles. The Bertz CT molecular complexity index is 782. The summed E-state index contributed by atoms with van der Waals surface area (Å²) in [5, 5.41) is 17.1. The Balaban J connectivity index is 2.03. The molecule has 108 valence electrons. The monoisotopic (exact) mass is 284 g/mol. The van der Waals surface area contributed by atoms with E-state index in [-0.39, 0.29) is 5.75 Å². The second-order valence-corrected chi connectivity index (χ2v) is 4.64. The molecule has 0 amide bonds. The van der Waals surface area contributed by atoms with Gasteiger partial charge in [-0.3, -0.25) is 0 Å². The van der Waals surface area contributed by atoms with Crippen molar-refractivity contribution in [3.8, 4) is 11.5 Å². The summed E-state index contributed by atoms with van der Waals surface area (Å²) in [6, 6.07) is 7.25. The highest BCUT2D eigenvalue weighted by molar-refractivity contribution is 5.79. The van der Waals surface area contributed by atoms with Crippen LogP contribution in [0.25, 0.3) is 5.52 Å². The molecule has 0 fully saturated rings. The Kier molecular flexibility index (Phi) is 3.35. The van der Waals surface area contributed by atoms with E-state index in [9.17, 15) is 5.11 Å². The topological polar surface area (TPSA) is 71.7 Å². The van der Waals surface area contributed by atoms with Crippen molar-refractivity contribution in [2.75, 3.05) is 11.9 Å². The molecule has 2 N–H and O–H groups in total. The minimum Gasteiger partial charge on any atom is -0.508 e. The van der Waals surface area contributed by atoms with Gasteiger partial charge in [0.2, 0.25) is 0 Å². The van der Waals surface area contributed by atoms with E-state index in [0.29, 0.717) is 12.4 Å². The molecule has 0 saturated carbocycles. The van der Waals surface area contributed by atoms with E-state index in [1.807, 2.05) is 38.2 Å². The zero-order chi connectivity index (χ0) is 14.8. The molecule has 2 heterocycles. The Hall–Kier alpha value is -2.76. The molecular weight excluding hydrogens is 268 g/mol. The van der Waals surface area contributed by atoms with E-state index in [2.05, 4.69) is 15.4 Å². The number of phenolic OH excluding ortho intramolecular Hbond substituents is 1. The van der Waals surface area contributed by atoms with E-state index in [1.165, 1.54) is 6.33 Å². The lowest BCUT2D eigenvalue weighted by Crippen LogP contribution is -2.01. The van der Waals surface area contributed by atoms with Crippen LogP contribution in [0.1, 0.15) is 12.5 Å². The highest BCUT2D eigenvalue weighted by Crippen LogP contribution is 2.29. The molecule has 6 heteroatoms. The van der Waals surface area contributed by atoms with Crippen LogP contribution in [0.5, 0.6) is 11.5 Å². The van der Waals surface area contributed by atoms with Crippen molar-refractivity contribution in [3.05, 3.63) is 42.4 Å². The third-order valence-corrected chi connectivity index (χ3v) is 3.19. The number of fused-ring (bicyclic) bond motifs is 1. The molecule has 3 aromatic rings. The fraction of sp³-hybridized carbons (Fsp3) is 0.200. The van der Waals surface area contributed by atoms with Crippen LogP contribution in [-0.4, -0.2) is 26.3 Å². The van der Waals surface area contributed by atoms with Crippen molar-refractivity contribution in [3.63, 3.8) is 0 Å². The van der Waals surface area contributed by atoms with Gasteiger partial charge in [0.1, 0.15) is 23.3 Å². The Morgan fingerprint density at radius 1 is 1.33 bits per heavy atom. The number of nitrogens with one attached hydrogen (secondary N) is 1. The maximum absolute atomic E-state index is 9.79. The van der Waals surface area contributed by atoms with E-state index in [1.54, 1.807) is 10.6 Å². The quantitative estimate of drug-likeness (QED) is 0.770. The molecular formula is C15H16N4O2. The number of aryl methyl sites for hydroxylation is 1. The normalized spacial score (nSPS) is 10.8. The molecule has 1 aromatic carbocycles. The Morgan fingerprint density at radius 2 is 2.19 bits per heavy atom. The summed E-state index contributed by atoms with van der Waals surface area (Å²) in [5.74, 6) is 1.59. The summed E-state index contributed by atoms with van der Waals surface area (Å²) >= 11 is 0. The number of nitrogens with zero attached hydrogens (tertiary/aromatic N) is 3. The van der Waals surface area contributed by atoms with Gasteiger partial charge in [0.05, 0.1) is 6.61 Å². The number of hydrogen-bond acceptors (Lipinski definition) is 5. The first-order valence-electron chi connectivity index (χ1n) is 6.71. The van der Waals surface area contributed by atoms with Gasteiger partial charge in [0, 0.05) is 24.0 Å². The van der Waals surface area contributed by atoms with Crippen LogP contribution in [-0.2, 0) is 0 Å². The van der Waals surface area contributed by atoms with Gasteiger partial charge in [-0.25, -0.2) is 9.50 Å². The second kappa shape index (κ2) is 5.32. The molecule has 0 radical (unpaired) electrons. The fourth-order valence-corrected chi connectivity index (χ4v) is 2.11. The highest BCUT2D eigenvalue weighted by atomic mass is 16.5. The number of hydrogen-bond donors (Lipinski definition) is 2. The lowest BCUT2D eigenvalue weighted by molar-refractivity contribution is 0.344. The fourth-order valence-electron chi connectivity index (χ4n) is 2.11. The van der Waals surface area contributed by atoms with E-state index in [4.69, 9.17) is 4.74 Å². The molecule has 0 atom stereocenters. The highest BCUT2D eigenvalue weighted by Gasteiger charge is 2.11. The Labute approximate surface area is 122 Å². The maximum atomic E-state index is 9.79. The van der Waals surface area contributed by atoms with Crippen LogP contribution >= 0.6 is 0 Å². The molecule has 0 spiro atoms. The van der Waals surface area contributed by atoms with Crippen molar-refractivity contribution in [1.29, 1.82) is 0 Å². The molecule has 0 aliphatic rings. The number of benzene rings is 1. The minimum atomic E-state index is 0.241. The van der Waals surface area contributed by atoms with Crippen LogP contribution < -0.4 is 10.1 Å². The number of rotatable bonds is 4. The van der Waals surface area contributed by atoms with E-state index >= 15 is 0 Å². The molecule has 0 unspecified atom stereocenters. The zero-order valence-corrected chi connectivity index (χ0v) is 11.9. The van der Waals surface area contributed by atoms with E-state index in [0.717, 1.165) is 22.5 Å². The summed E-state index contributed by atoms with van der Waals surface area (Å²) in [7, 11) is 0. The summed E-state index contributed by atoms with van der Waals surface area (Å²) in [5.41, 5.74) is 2.34. The van der Waals surface area contributed by atoms with Crippen molar-refractivity contribution in [2.45, 2.75) is 13.8 Å². The van der Waals surface area contributed by atoms with Gasteiger partial charge >= 0.3 is 0 Å². The maximum Gasteiger partial charge on any atom is 0.162 e. The second-order valence-electron chi connectivity index (χ2n) is 4.64. The van der Waals surface area contributed by atoms with Crippen LogP contribution in [0.4, 0.5) is 11.5 Å². The van der Waals surface area contributed by atoms with Crippen molar-refractivity contribution < 1.29 is 9.84 Å². The van der Waals surface area contributed by atoms with Gasteiger partial charge in [0.15, 0.2) is 5.82 Å². The number of aromatic hydroxyl groups is 1. The van der Waals surface area contributed by atoms with Gasteiger partial charge in [0.25, 0.3) is 0 Å². The molecule has 0 aliphatic carbocycles. The SMILES string of the molecule is CCOc1ccn2ncnc(Nc3ccc(C)c(O)c3)c12. The van der Waals surface area contributed by atoms with Crippen LogP contribution in [0.15, 0.2) is 36.8 Å². The summed E-state index contributed by atoms with van der Waals surface area (Å²) in [6.45, 7) is 4.35. The summed E-state index contributed by atoms with van der Waals surface area (Å²) in [6.07, 6.45) is 3.29. The molecule has 2 aromatic heterocycles. The first-order chi connectivity index (χ1) is 10.2. The van der Waals surface area contributed by atoms with Gasteiger partial charge < -0.3 is 15.2 Å². The van der Waals surface area contributed by atoms with E-state index < -0.39 is 0 Å². The predicted molar refractivity (Wildman–Crippen MR) is 80.3 cm³/mol. The van der Waals surface area contributed by atoms with Gasteiger partial charge in [-0.05, 0) is 25.5 Å². The lowest BCUT2D eigenvalue weighted by Gasteiger charge is -2.10. The van der Waals surface area contributed by atoms with Gasteiger partial charge in [-0.2, -0.15) is 5.10 Å². The van der Waals surface area contributed by atoms with Crippen LogP contribution in [0, 0.1) is 6.92 Å². The summed E-state index contributed by atoms with van der Waals surface area (Å²) in [4.78, 5) is 4.26.